The van der Waals surface area contributed by atoms with Gasteiger partial charge in [0.05, 0.1) is 0 Å². The van der Waals surface area contributed by atoms with Crippen molar-refractivity contribution in [3.8, 4) is 0 Å². The number of hydrogen-bond donors (Lipinski definition) is 0. The minimum atomic E-state index is 0.0644. The molecule has 1 saturated heterocycles. The van der Waals surface area contributed by atoms with E-state index in [0.717, 1.165) is 31.5 Å². The molecule has 0 unspecified atom stereocenters. The maximum Gasteiger partial charge on any atom is 0.246 e. The van der Waals surface area contributed by atoms with Crippen molar-refractivity contribution in [2.45, 2.75) is 18.9 Å². The van der Waals surface area contributed by atoms with E-state index in [-0.39, 0.29) is 5.91 Å². The average Bonchev–Trinajstić information content (AvgIpc) is 2.46. The van der Waals surface area contributed by atoms with Gasteiger partial charge in [-0.1, -0.05) is 23.7 Å². The molecule has 1 heterocycles. The van der Waals surface area contributed by atoms with Gasteiger partial charge in [0.1, 0.15) is 0 Å². The minimum Gasteiger partial charge on any atom is -0.339 e. The number of likely N-dealkylation sites (N-methyl/N-ethyl adjacent to an activating group) is 1. The fourth-order valence-corrected chi connectivity index (χ4v) is 2.55. The highest BCUT2D eigenvalue weighted by Crippen LogP contribution is 2.15. The molecule has 0 aliphatic carbocycles. The van der Waals surface area contributed by atoms with E-state index in [0.29, 0.717) is 11.1 Å². The lowest BCUT2D eigenvalue weighted by Gasteiger charge is -2.34. The number of carbonyl (C=O) groups excluding carboxylic acids is 1. The first-order chi connectivity index (χ1) is 9.56. The third kappa shape index (κ3) is 4.09. The number of benzene rings is 1. The molecule has 0 radical (unpaired) electrons. The van der Waals surface area contributed by atoms with E-state index in [2.05, 4.69) is 11.9 Å². The Morgan fingerprint density at radius 1 is 1.30 bits per heavy atom. The van der Waals surface area contributed by atoms with Gasteiger partial charge in [-0.2, -0.15) is 0 Å². The second-order valence-corrected chi connectivity index (χ2v) is 5.80. The Morgan fingerprint density at radius 3 is 2.50 bits per heavy atom. The molecule has 3 nitrogen and oxygen atoms in total. The molecule has 1 amide bonds. The molecule has 20 heavy (non-hydrogen) atoms. The van der Waals surface area contributed by atoms with Crippen LogP contribution in [0.1, 0.15) is 18.4 Å². The summed E-state index contributed by atoms with van der Waals surface area (Å²) in [5.74, 6) is 0.0644. The average molecular weight is 293 g/mol. The van der Waals surface area contributed by atoms with Gasteiger partial charge in [0.15, 0.2) is 0 Å². The summed E-state index contributed by atoms with van der Waals surface area (Å²) in [6.07, 6.45) is 5.58. The lowest BCUT2D eigenvalue weighted by Crippen LogP contribution is -2.43. The normalized spacial score (nSPS) is 17.6. The fraction of sp³-hybridized carbons (Fsp3) is 0.438. The van der Waals surface area contributed by atoms with E-state index in [1.54, 1.807) is 6.08 Å². The van der Waals surface area contributed by atoms with Crippen LogP contribution in [-0.4, -0.2) is 48.9 Å². The molecule has 108 valence electrons. The highest BCUT2D eigenvalue weighted by Gasteiger charge is 2.22. The first-order valence-corrected chi connectivity index (χ1v) is 7.33. The Bertz CT molecular complexity index is 476. The summed E-state index contributed by atoms with van der Waals surface area (Å²) in [6.45, 7) is 2.12. The van der Waals surface area contributed by atoms with Gasteiger partial charge in [-0.3, -0.25) is 4.79 Å². The Balaban J connectivity index is 1.92. The second-order valence-electron chi connectivity index (χ2n) is 5.37. The molecule has 1 aliphatic heterocycles. The maximum absolute atomic E-state index is 12.2. The van der Waals surface area contributed by atoms with Crippen molar-refractivity contribution in [2.24, 2.45) is 0 Å². The second kappa shape index (κ2) is 6.91. The first-order valence-electron chi connectivity index (χ1n) is 6.95. The zero-order valence-corrected chi connectivity index (χ0v) is 12.8. The number of halogens is 1. The highest BCUT2D eigenvalue weighted by atomic mass is 35.5. The van der Waals surface area contributed by atoms with Crippen LogP contribution in [0.3, 0.4) is 0 Å². The van der Waals surface area contributed by atoms with Gasteiger partial charge in [0, 0.05) is 24.2 Å². The van der Waals surface area contributed by atoms with Crippen molar-refractivity contribution < 1.29 is 4.79 Å². The monoisotopic (exact) mass is 292 g/mol. The predicted octanol–water partition coefficient (Wildman–Crippen LogP) is 2.91. The Labute approximate surface area is 125 Å². The summed E-state index contributed by atoms with van der Waals surface area (Å²) < 4.78 is 0. The number of piperidine rings is 1. The number of nitrogens with zero attached hydrogens (tertiary/aromatic N) is 2. The zero-order valence-electron chi connectivity index (χ0n) is 12.1. The van der Waals surface area contributed by atoms with Crippen molar-refractivity contribution >= 4 is 23.6 Å². The van der Waals surface area contributed by atoms with Crippen molar-refractivity contribution in [1.29, 1.82) is 0 Å². The van der Waals surface area contributed by atoms with Crippen LogP contribution in [0, 0.1) is 0 Å². The highest BCUT2D eigenvalue weighted by molar-refractivity contribution is 6.30. The maximum atomic E-state index is 12.2. The van der Waals surface area contributed by atoms with Crippen molar-refractivity contribution in [1.82, 2.24) is 9.80 Å². The number of likely N-dealkylation sites (tertiary alicyclic amines) is 1. The van der Waals surface area contributed by atoms with Crippen molar-refractivity contribution in [2.75, 3.05) is 27.2 Å². The lowest BCUT2D eigenvalue weighted by atomic mass is 10.0. The van der Waals surface area contributed by atoms with E-state index in [4.69, 9.17) is 11.6 Å². The van der Waals surface area contributed by atoms with Crippen molar-refractivity contribution in [3.05, 3.63) is 40.9 Å². The van der Waals surface area contributed by atoms with E-state index >= 15 is 0 Å². The van der Waals surface area contributed by atoms with Gasteiger partial charge in [-0.15, -0.1) is 0 Å². The molecule has 0 spiro atoms. The van der Waals surface area contributed by atoms with Crippen LogP contribution in [0.4, 0.5) is 0 Å². The summed E-state index contributed by atoms with van der Waals surface area (Å²) in [6, 6.07) is 7.82. The van der Waals surface area contributed by atoms with E-state index in [1.165, 1.54) is 0 Å². The molecule has 1 aromatic rings. The molecular weight excluding hydrogens is 272 g/mol. The SMILES string of the molecule is CN1CCC(N(C)C(=O)/C=C/c2ccc(Cl)cc2)CC1. The number of rotatable bonds is 3. The molecule has 0 aromatic heterocycles. The standard InChI is InChI=1S/C16H21ClN2O/c1-18-11-9-15(10-12-18)19(2)16(20)8-5-13-3-6-14(17)7-4-13/h3-8,15H,9-12H2,1-2H3/b8-5+. The molecule has 0 N–H and O–H groups in total. The van der Waals surface area contributed by atoms with E-state index in [1.807, 2.05) is 42.3 Å². The molecule has 1 aromatic carbocycles. The third-order valence-electron chi connectivity index (χ3n) is 3.87. The largest absolute Gasteiger partial charge is 0.339 e. The van der Waals surface area contributed by atoms with Crippen LogP contribution >= 0.6 is 11.6 Å². The summed E-state index contributed by atoms with van der Waals surface area (Å²) in [5.41, 5.74) is 0.986. The molecule has 0 saturated carbocycles. The van der Waals surface area contributed by atoms with E-state index in [9.17, 15) is 4.79 Å². The summed E-state index contributed by atoms with van der Waals surface area (Å²) in [5, 5.41) is 0.705. The predicted molar refractivity (Wildman–Crippen MR) is 83.8 cm³/mol. The van der Waals surface area contributed by atoms with Gasteiger partial charge in [0.25, 0.3) is 0 Å². The summed E-state index contributed by atoms with van der Waals surface area (Å²) >= 11 is 5.83. The van der Waals surface area contributed by atoms with Gasteiger partial charge < -0.3 is 9.80 Å². The van der Waals surface area contributed by atoms with Gasteiger partial charge in [0.2, 0.25) is 5.91 Å². The van der Waals surface area contributed by atoms with Crippen LogP contribution in [0.25, 0.3) is 6.08 Å². The van der Waals surface area contributed by atoms with Gasteiger partial charge in [-0.05, 0) is 56.8 Å². The Kier molecular flexibility index (Phi) is 5.21. The van der Waals surface area contributed by atoms with Crippen LogP contribution in [0.15, 0.2) is 30.3 Å². The van der Waals surface area contributed by atoms with Crippen LogP contribution in [0.2, 0.25) is 5.02 Å². The molecule has 4 heteroatoms. The Hall–Kier alpha value is -1.32. The van der Waals surface area contributed by atoms with Crippen LogP contribution < -0.4 is 0 Å². The summed E-state index contributed by atoms with van der Waals surface area (Å²) in [4.78, 5) is 16.3. The Morgan fingerprint density at radius 2 is 1.90 bits per heavy atom. The topological polar surface area (TPSA) is 23.6 Å². The number of amides is 1. The molecule has 2 rings (SSSR count). The molecule has 1 aliphatic rings. The van der Waals surface area contributed by atoms with Gasteiger partial charge >= 0.3 is 0 Å². The molecular formula is C16H21ClN2O. The third-order valence-corrected chi connectivity index (χ3v) is 4.12. The zero-order chi connectivity index (χ0) is 14.5. The van der Waals surface area contributed by atoms with Crippen LogP contribution in [-0.2, 0) is 4.79 Å². The van der Waals surface area contributed by atoms with E-state index < -0.39 is 0 Å². The molecule has 0 bridgehead atoms. The smallest absolute Gasteiger partial charge is 0.246 e. The lowest BCUT2D eigenvalue weighted by molar-refractivity contribution is -0.127. The minimum absolute atomic E-state index is 0.0644. The van der Waals surface area contributed by atoms with Crippen LogP contribution in [0.5, 0.6) is 0 Å². The number of hydrogen-bond acceptors (Lipinski definition) is 2. The molecule has 1 fully saturated rings. The quantitative estimate of drug-likeness (QED) is 0.800. The van der Waals surface area contributed by atoms with Gasteiger partial charge in [-0.25, -0.2) is 0 Å². The summed E-state index contributed by atoms with van der Waals surface area (Å²) in [7, 11) is 4.02. The fourth-order valence-electron chi connectivity index (χ4n) is 2.42. The van der Waals surface area contributed by atoms with Crippen molar-refractivity contribution in [3.63, 3.8) is 0 Å². The molecule has 0 atom stereocenters. The number of carbonyl (C=O) groups is 1. The first kappa shape index (κ1) is 15.1.